The monoisotopic (exact) mass is 298 g/mol. The van der Waals surface area contributed by atoms with Crippen LogP contribution in [0.1, 0.15) is 23.2 Å². The SMILES string of the molecule is O=C(O)c1ccc(NC(=O)N(CCO)C2CC2)cc1Cl. The average molecular weight is 299 g/mol. The fraction of sp³-hybridized carbons (Fsp3) is 0.385. The molecular weight excluding hydrogens is 284 g/mol. The largest absolute Gasteiger partial charge is 0.478 e. The van der Waals surface area contributed by atoms with Gasteiger partial charge < -0.3 is 20.4 Å². The van der Waals surface area contributed by atoms with Crippen LogP contribution in [0.15, 0.2) is 18.2 Å². The van der Waals surface area contributed by atoms with Gasteiger partial charge in [-0.1, -0.05) is 11.6 Å². The van der Waals surface area contributed by atoms with Crippen LogP contribution in [0.5, 0.6) is 0 Å². The summed E-state index contributed by atoms with van der Waals surface area (Å²) < 4.78 is 0. The van der Waals surface area contributed by atoms with Crippen LogP contribution in [0.2, 0.25) is 5.02 Å². The Bertz CT molecular complexity index is 531. The van der Waals surface area contributed by atoms with Gasteiger partial charge in [-0.05, 0) is 31.0 Å². The summed E-state index contributed by atoms with van der Waals surface area (Å²) in [7, 11) is 0. The lowest BCUT2D eigenvalue weighted by Crippen LogP contribution is -2.38. The number of aromatic carboxylic acids is 1. The molecule has 0 unspecified atom stereocenters. The molecule has 0 aromatic heterocycles. The van der Waals surface area contributed by atoms with Crippen molar-refractivity contribution in [2.75, 3.05) is 18.5 Å². The number of aliphatic hydroxyl groups is 1. The van der Waals surface area contributed by atoms with E-state index in [1.165, 1.54) is 18.2 Å². The Morgan fingerprint density at radius 1 is 1.40 bits per heavy atom. The first-order valence-electron chi connectivity index (χ1n) is 6.24. The first kappa shape index (κ1) is 14.6. The normalized spacial score (nSPS) is 13.9. The summed E-state index contributed by atoms with van der Waals surface area (Å²) in [5.41, 5.74) is 0.410. The van der Waals surface area contributed by atoms with Crippen molar-refractivity contribution in [2.24, 2.45) is 0 Å². The van der Waals surface area contributed by atoms with Crippen molar-refractivity contribution in [1.29, 1.82) is 0 Å². The smallest absolute Gasteiger partial charge is 0.337 e. The molecule has 0 bridgehead atoms. The first-order valence-corrected chi connectivity index (χ1v) is 6.62. The number of carbonyl (C=O) groups is 2. The number of halogens is 1. The maximum Gasteiger partial charge on any atom is 0.337 e. The van der Waals surface area contributed by atoms with Crippen molar-refractivity contribution in [3.05, 3.63) is 28.8 Å². The zero-order chi connectivity index (χ0) is 14.7. The van der Waals surface area contributed by atoms with Gasteiger partial charge in [0, 0.05) is 18.3 Å². The van der Waals surface area contributed by atoms with E-state index in [9.17, 15) is 9.59 Å². The molecule has 0 heterocycles. The van der Waals surface area contributed by atoms with Gasteiger partial charge >= 0.3 is 12.0 Å². The Morgan fingerprint density at radius 3 is 2.60 bits per heavy atom. The second-order valence-electron chi connectivity index (χ2n) is 4.58. The third-order valence-electron chi connectivity index (χ3n) is 3.04. The van der Waals surface area contributed by atoms with Gasteiger partial charge in [-0.15, -0.1) is 0 Å². The van der Waals surface area contributed by atoms with Crippen LogP contribution in [-0.4, -0.2) is 46.3 Å². The molecule has 0 aliphatic heterocycles. The molecule has 1 fully saturated rings. The van der Waals surface area contributed by atoms with Gasteiger partial charge in [-0.25, -0.2) is 9.59 Å². The van der Waals surface area contributed by atoms with Gasteiger partial charge in [0.25, 0.3) is 0 Å². The van der Waals surface area contributed by atoms with Gasteiger partial charge in [-0.3, -0.25) is 0 Å². The van der Waals surface area contributed by atoms with Crippen molar-refractivity contribution in [1.82, 2.24) is 4.90 Å². The minimum absolute atomic E-state index is 0.0147. The van der Waals surface area contributed by atoms with Crippen LogP contribution in [0, 0.1) is 0 Å². The summed E-state index contributed by atoms with van der Waals surface area (Å²) in [6.45, 7) is 0.181. The molecule has 108 valence electrons. The number of rotatable bonds is 5. The molecule has 3 N–H and O–H groups in total. The molecule has 1 aliphatic carbocycles. The molecule has 2 rings (SSSR count). The number of urea groups is 1. The molecule has 0 radical (unpaired) electrons. The molecule has 1 aromatic carbocycles. The highest BCUT2D eigenvalue weighted by atomic mass is 35.5. The van der Waals surface area contributed by atoms with E-state index in [1.807, 2.05) is 0 Å². The molecule has 1 saturated carbocycles. The van der Waals surface area contributed by atoms with Crippen LogP contribution in [0.25, 0.3) is 0 Å². The van der Waals surface area contributed by atoms with Gasteiger partial charge in [0.2, 0.25) is 0 Å². The van der Waals surface area contributed by atoms with E-state index in [4.69, 9.17) is 21.8 Å². The number of carboxylic acids is 1. The number of carboxylic acid groups (broad SMARTS) is 1. The topological polar surface area (TPSA) is 89.9 Å². The van der Waals surface area contributed by atoms with Crippen molar-refractivity contribution in [3.8, 4) is 0 Å². The molecule has 1 aliphatic rings. The summed E-state index contributed by atoms with van der Waals surface area (Å²) >= 11 is 5.84. The minimum atomic E-state index is -1.12. The van der Waals surface area contributed by atoms with Gasteiger partial charge in [-0.2, -0.15) is 0 Å². The molecule has 7 heteroatoms. The van der Waals surface area contributed by atoms with E-state index in [1.54, 1.807) is 4.90 Å². The van der Waals surface area contributed by atoms with E-state index in [2.05, 4.69) is 5.32 Å². The van der Waals surface area contributed by atoms with Crippen LogP contribution in [0.4, 0.5) is 10.5 Å². The molecule has 0 spiro atoms. The highest BCUT2D eigenvalue weighted by Gasteiger charge is 2.32. The second-order valence-corrected chi connectivity index (χ2v) is 4.99. The van der Waals surface area contributed by atoms with E-state index >= 15 is 0 Å². The molecule has 0 atom stereocenters. The lowest BCUT2D eigenvalue weighted by molar-refractivity contribution is 0.0697. The summed E-state index contributed by atoms with van der Waals surface area (Å²) in [5.74, 6) is -1.12. The lowest BCUT2D eigenvalue weighted by atomic mass is 10.2. The van der Waals surface area contributed by atoms with Crippen LogP contribution in [0.3, 0.4) is 0 Å². The van der Waals surface area contributed by atoms with Crippen LogP contribution < -0.4 is 5.32 Å². The first-order chi connectivity index (χ1) is 9.52. The number of nitrogens with one attached hydrogen (secondary N) is 1. The highest BCUT2D eigenvalue weighted by Crippen LogP contribution is 2.27. The molecular formula is C13H15ClN2O4. The van der Waals surface area contributed by atoms with E-state index in [-0.39, 0.29) is 35.8 Å². The van der Waals surface area contributed by atoms with Crippen molar-refractivity contribution >= 4 is 29.3 Å². The Hall–Kier alpha value is -1.79. The molecule has 1 aromatic rings. The molecule has 6 nitrogen and oxygen atoms in total. The Kier molecular flexibility index (Phi) is 4.46. The van der Waals surface area contributed by atoms with Gasteiger partial charge in [0.15, 0.2) is 0 Å². The standard InChI is InChI=1S/C13H15ClN2O4/c14-11-7-8(1-4-10(11)12(18)19)15-13(20)16(5-6-17)9-2-3-9/h1,4,7,9,17H,2-3,5-6H2,(H,15,20)(H,18,19). The Labute approximate surface area is 121 Å². The number of hydrogen-bond donors (Lipinski definition) is 3. The van der Waals surface area contributed by atoms with Crippen LogP contribution >= 0.6 is 11.6 Å². The zero-order valence-corrected chi connectivity index (χ0v) is 11.4. The molecule has 20 heavy (non-hydrogen) atoms. The average Bonchev–Trinajstić information content (AvgIpc) is 3.19. The maximum atomic E-state index is 12.1. The van der Waals surface area contributed by atoms with E-state index in [0.29, 0.717) is 5.69 Å². The van der Waals surface area contributed by atoms with Crippen LogP contribution in [-0.2, 0) is 0 Å². The zero-order valence-electron chi connectivity index (χ0n) is 10.7. The number of hydrogen-bond acceptors (Lipinski definition) is 3. The third kappa shape index (κ3) is 3.40. The number of carbonyl (C=O) groups excluding carboxylic acids is 1. The number of aliphatic hydroxyl groups excluding tert-OH is 1. The fourth-order valence-corrected chi connectivity index (χ4v) is 2.17. The van der Waals surface area contributed by atoms with Crippen molar-refractivity contribution in [3.63, 3.8) is 0 Å². The van der Waals surface area contributed by atoms with Crippen molar-refractivity contribution in [2.45, 2.75) is 18.9 Å². The number of benzene rings is 1. The number of nitrogens with zero attached hydrogens (tertiary/aromatic N) is 1. The second kappa shape index (κ2) is 6.11. The summed E-state index contributed by atoms with van der Waals surface area (Å²) in [5, 5.41) is 20.6. The summed E-state index contributed by atoms with van der Waals surface area (Å²) in [4.78, 5) is 24.5. The Balaban J connectivity index is 2.07. The van der Waals surface area contributed by atoms with Gasteiger partial charge in [0.05, 0.1) is 17.2 Å². The summed E-state index contributed by atoms with van der Waals surface area (Å²) in [6, 6.07) is 4.08. The number of amides is 2. The fourth-order valence-electron chi connectivity index (χ4n) is 1.91. The highest BCUT2D eigenvalue weighted by molar-refractivity contribution is 6.33. The lowest BCUT2D eigenvalue weighted by Gasteiger charge is -2.21. The predicted octanol–water partition coefficient (Wildman–Crippen LogP) is 2.03. The Morgan fingerprint density at radius 2 is 2.10 bits per heavy atom. The van der Waals surface area contributed by atoms with Gasteiger partial charge in [0.1, 0.15) is 0 Å². The summed E-state index contributed by atoms with van der Waals surface area (Å²) in [6.07, 6.45) is 1.87. The third-order valence-corrected chi connectivity index (χ3v) is 3.35. The minimum Gasteiger partial charge on any atom is -0.478 e. The van der Waals surface area contributed by atoms with E-state index in [0.717, 1.165) is 12.8 Å². The maximum absolute atomic E-state index is 12.1. The quantitative estimate of drug-likeness (QED) is 0.776. The predicted molar refractivity (Wildman–Crippen MR) is 74.2 cm³/mol. The molecule has 2 amide bonds. The van der Waals surface area contributed by atoms with Crippen molar-refractivity contribution < 1.29 is 19.8 Å². The number of anilines is 1. The van der Waals surface area contributed by atoms with E-state index < -0.39 is 5.97 Å². The molecule has 0 saturated heterocycles.